The first-order valence-electron chi connectivity index (χ1n) is 6.93. The van der Waals surface area contributed by atoms with Crippen LogP contribution >= 0.6 is 0 Å². The first kappa shape index (κ1) is 12.8. The summed E-state index contributed by atoms with van der Waals surface area (Å²) in [6.07, 6.45) is 0.678. The van der Waals surface area contributed by atoms with Crippen LogP contribution in [0, 0.1) is 6.92 Å². The number of anilines is 1. The molecule has 1 aliphatic rings. The first-order chi connectivity index (χ1) is 9.70. The summed E-state index contributed by atoms with van der Waals surface area (Å²) in [5, 5.41) is 3.40. The van der Waals surface area contributed by atoms with Crippen LogP contribution < -0.4 is 5.32 Å². The molecule has 0 saturated carbocycles. The molecule has 104 valence electrons. The molecule has 0 radical (unpaired) electrons. The van der Waals surface area contributed by atoms with Gasteiger partial charge in [-0.2, -0.15) is 0 Å². The molecule has 1 aliphatic heterocycles. The lowest BCUT2D eigenvalue weighted by Gasteiger charge is -2.36. The predicted octanol–water partition coefficient (Wildman–Crippen LogP) is 3.56. The lowest BCUT2D eigenvalue weighted by atomic mass is 10.1. The number of rotatable bonds is 3. The summed E-state index contributed by atoms with van der Waals surface area (Å²) < 4.78 is 5.71. The molecule has 3 rings (SSSR count). The number of nitrogens with one attached hydrogen (secondary N) is 1. The molecule has 0 bridgehead atoms. The fourth-order valence-corrected chi connectivity index (χ4v) is 2.59. The van der Waals surface area contributed by atoms with Gasteiger partial charge in [0.1, 0.15) is 11.5 Å². The average molecular weight is 270 g/mol. The number of para-hydroxylation sites is 1. The minimum absolute atomic E-state index is 0.0558. The van der Waals surface area contributed by atoms with E-state index < -0.39 is 0 Å². The summed E-state index contributed by atoms with van der Waals surface area (Å²) in [6, 6.07) is 11.5. The normalized spacial score (nSPS) is 17.8. The van der Waals surface area contributed by atoms with E-state index in [1.165, 1.54) is 0 Å². The Morgan fingerprint density at radius 3 is 2.75 bits per heavy atom. The summed E-state index contributed by atoms with van der Waals surface area (Å²) in [7, 11) is 0. The van der Waals surface area contributed by atoms with E-state index in [2.05, 4.69) is 12.2 Å². The van der Waals surface area contributed by atoms with E-state index in [9.17, 15) is 4.79 Å². The Morgan fingerprint density at radius 1 is 1.25 bits per heavy atom. The van der Waals surface area contributed by atoms with Crippen molar-refractivity contribution < 1.29 is 9.21 Å². The number of carbonyl (C=O) groups is 1. The Morgan fingerprint density at radius 2 is 2.05 bits per heavy atom. The van der Waals surface area contributed by atoms with Gasteiger partial charge in [0.05, 0.1) is 5.56 Å². The van der Waals surface area contributed by atoms with Crippen LogP contribution in [-0.4, -0.2) is 17.4 Å². The summed E-state index contributed by atoms with van der Waals surface area (Å²) in [5.74, 6) is 1.68. The van der Waals surface area contributed by atoms with Crippen molar-refractivity contribution in [1.29, 1.82) is 0 Å². The number of hydrogen-bond acceptors (Lipinski definition) is 3. The highest BCUT2D eigenvalue weighted by atomic mass is 16.3. The highest BCUT2D eigenvalue weighted by molar-refractivity contribution is 6.01. The Hall–Kier alpha value is -2.23. The SMILES string of the molecule is CCCN1C(=O)c2ccccc2N[C@H]1c1ccc(C)o1. The molecular weight excluding hydrogens is 252 g/mol. The van der Waals surface area contributed by atoms with Crippen molar-refractivity contribution in [3.63, 3.8) is 0 Å². The van der Waals surface area contributed by atoms with Gasteiger partial charge in [0.25, 0.3) is 5.91 Å². The maximum atomic E-state index is 12.6. The first-order valence-corrected chi connectivity index (χ1v) is 6.93. The second kappa shape index (κ2) is 5.04. The topological polar surface area (TPSA) is 45.5 Å². The van der Waals surface area contributed by atoms with Crippen molar-refractivity contribution in [2.75, 3.05) is 11.9 Å². The molecule has 0 aliphatic carbocycles. The predicted molar refractivity (Wildman–Crippen MR) is 77.6 cm³/mol. The van der Waals surface area contributed by atoms with Gasteiger partial charge in [0.15, 0.2) is 6.17 Å². The molecule has 0 saturated heterocycles. The fraction of sp³-hybridized carbons (Fsp3) is 0.312. The van der Waals surface area contributed by atoms with Crippen LogP contribution in [0.5, 0.6) is 0 Å². The number of benzene rings is 1. The Kier molecular flexibility index (Phi) is 3.22. The molecule has 2 heterocycles. The van der Waals surface area contributed by atoms with Gasteiger partial charge < -0.3 is 14.6 Å². The van der Waals surface area contributed by atoms with Crippen LogP contribution in [0.2, 0.25) is 0 Å². The molecule has 20 heavy (non-hydrogen) atoms. The minimum Gasteiger partial charge on any atom is -0.462 e. The number of amides is 1. The van der Waals surface area contributed by atoms with Crippen LogP contribution in [0.15, 0.2) is 40.8 Å². The second-order valence-corrected chi connectivity index (χ2v) is 5.04. The number of hydrogen-bond donors (Lipinski definition) is 1. The second-order valence-electron chi connectivity index (χ2n) is 5.04. The fourth-order valence-electron chi connectivity index (χ4n) is 2.59. The van der Waals surface area contributed by atoms with Gasteiger partial charge >= 0.3 is 0 Å². The van der Waals surface area contributed by atoms with E-state index >= 15 is 0 Å². The Labute approximate surface area is 118 Å². The Balaban J connectivity index is 2.03. The van der Waals surface area contributed by atoms with Crippen LogP contribution in [0.1, 0.15) is 41.4 Å². The third-order valence-electron chi connectivity index (χ3n) is 3.52. The Bertz CT molecular complexity index is 633. The lowest BCUT2D eigenvalue weighted by Crippen LogP contribution is -2.43. The lowest BCUT2D eigenvalue weighted by molar-refractivity contribution is 0.0662. The van der Waals surface area contributed by atoms with Crippen molar-refractivity contribution in [2.45, 2.75) is 26.4 Å². The third kappa shape index (κ3) is 2.07. The molecular formula is C16H18N2O2. The number of aryl methyl sites for hydroxylation is 1. The van der Waals surface area contributed by atoms with Crippen molar-refractivity contribution >= 4 is 11.6 Å². The van der Waals surface area contributed by atoms with E-state index in [-0.39, 0.29) is 12.1 Å². The quantitative estimate of drug-likeness (QED) is 0.927. The summed E-state index contributed by atoms with van der Waals surface area (Å²) in [5.41, 5.74) is 1.59. The minimum atomic E-state index is -0.231. The van der Waals surface area contributed by atoms with Gasteiger partial charge in [0, 0.05) is 12.2 Å². The summed E-state index contributed by atoms with van der Waals surface area (Å²) in [6.45, 7) is 4.68. The van der Waals surface area contributed by atoms with Crippen molar-refractivity contribution in [3.8, 4) is 0 Å². The average Bonchev–Trinajstić information content (AvgIpc) is 2.88. The summed E-state index contributed by atoms with van der Waals surface area (Å²) >= 11 is 0. The monoisotopic (exact) mass is 270 g/mol. The standard InChI is InChI=1S/C16H18N2O2/c1-3-10-18-15(14-9-8-11(2)20-14)17-13-7-5-4-6-12(13)16(18)19/h4-9,15,17H,3,10H2,1-2H3/t15-/m1/s1. The molecule has 4 nitrogen and oxygen atoms in total. The zero-order chi connectivity index (χ0) is 14.1. The van der Waals surface area contributed by atoms with Crippen LogP contribution in [0.3, 0.4) is 0 Å². The molecule has 1 amide bonds. The molecule has 4 heteroatoms. The van der Waals surface area contributed by atoms with Crippen molar-refractivity contribution in [3.05, 3.63) is 53.5 Å². The van der Waals surface area contributed by atoms with Crippen LogP contribution in [-0.2, 0) is 0 Å². The van der Waals surface area contributed by atoms with Gasteiger partial charge in [-0.3, -0.25) is 4.79 Å². The largest absolute Gasteiger partial charge is 0.462 e. The molecule has 1 aromatic carbocycles. The van der Waals surface area contributed by atoms with E-state index in [0.29, 0.717) is 6.54 Å². The molecule has 0 spiro atoms. The third-order valence-corrected chi connectivity index (χ3v) is 3.52. The maximum absolute atomic E-state index is 12.6. The number of furan rings is 1. The zero-order valence-corrected chi connectivity index (χ0v) is 11.7. The van der Waals surface area contributed by atoms with Crippen molar-refractivity contribution in [2.24, 2.45) is 0 Å². The van der Waals surface area contributed by atoms with E-state index in [1.807, 2.05) is 48.2 Å². The highest BCUT2D eigenvalue weighted by Gasteiger charge is 2.33. The molecule has 2 aromatic rings. The van der Waals surface area contributed by atoms with E-state index in [4.69, 9.17) is 4.42 Å². The van der Waals surface area contributed by atoms with Gasteiger partial charge in [-0.25, -0.2) is 0 Å². The van der Waals surface area contributed by atoms with Crippen LogP contribution in [0.25, 0.3) is 0 Å². The smallest absolute Gasteiger partial charge is 0.257 e. The molecule has 1 N–H and O–H groups in total. The van der Waals surface area contributed by atoms with Crippen molar-refractivity contribution in [1.82, 2.24) is 4.90 Å². The van der Waals surface area contributed by atoms with Gasteiger partial charge in [-0.05, 0) is 37.6 Å². The molecule has 1 atom stereocenters. The molecule has 0 fully saturated rings. The number of carbonyl (C=O) groups excluding carboxylic acids is 1. The zero-order valence-electron chi connectivity index (χ0n) is 11.7. The van der Waals surface area contributed by atoms with E-state index in [0.717, 1.165) is 29.2 Å². The van der Waals surface area contributed by atoms with Gasteiger partial charge in [-0.1, -0.05) is 19.1 Å². The molecule has 1 aromatic heterocycles. The van der Waals surface area contributed by atoms with Gasteiger partial charge in [0.2, 0.25) is 0 Å². The van der Waals surface area contributed by atoms with Crippen LogP contribution in [0.4, 0.5) is 5.69 Å². The number of fused-ring (bicyclic) bond motifs is 1. The van der Waals surface area contributed by atoms with E-state index in [1.54, 1.807) is 0 Å². The molecule has 0 unspecified atom stereocenters. The maximum Gasteiger partial charge on any atom is 0.257 e. The highest BCUT2D eigenvalue weighted by Crippen LogP contribution is 2.33. The van der Waals surface area contributed by atoms with Gasteiger partial charge in [-0.15, -0.1) is 0 Å². The number of nitrogens with zero attached hydrogens (tertiary/aromatic N) is 1. The summed E-state index contributed by atoms with van der Waals surface area (Å²) in [4.78, 5) is 14.5.